The van der Waals surface area contributed by atoms with Crippen molar-refractivity contribution in [3.63, 3.8) is 0 Å². The van der Waals surface area contributed by atoms with Gasteiger partial charge >= 0.3 is 0 Å². The number of hydrogen-bond donors (Lipinski definition) is 1. The second kappa shape index (κ2) is 7.60. The number of hydrogen-bond acceptors (Lipinski definition) is 4. The molecule has 0 amide bonds. The Hall–Kier alpha value is -1.13. The van der Waals surface area contributed by atoms with Gasteiger partial charge in [-0.2, -0.15) is 0 Å². The minimum absolute atomic E-state index is 0.503. The van der Waals surface area contributed by atoms with Crippen LogP contribution in [0.4, 0.5) is 5.82 Å². The first-order valence-electron chi connectivity index (χ1n) is 7.62. The summed E-state index contributed by atoms with van der Waals surface area (Å²) in [7, 11) is 2.11. The summed E-state index contributed by atoms with van der Waals surface area (Å²) < 4.78 is 5.54. The van der Waals surface area contributed by atoms with Gasteiger partial charge in [0.1, 0.15) is 5.82 Å². The first-order chi connectivity index (χ1) is 9.65. The smallest absolute Gasteiger partial charge is 0.128 e. The van der Waals surface area contributed by atoms with E-state index in [4.69, 9.17) is 4.74 Å². The van der Waals surface area contributed by atoms with Gasteiger partial charge in [-0.1, -0.05) is 19.9 Å². The first-order valence-corrected chi connectivity index (χ1v) is 7.62. The normalized spacial score (nSPS) is 19.3. The monoisotopic (exact) mass is 277 g/mol. The van der Waals surface area contributed by atoms with Crippen molar-refractivity contribution in [3.05, 3.63) is 23.9 Å². The summed E-state index contributed by atoms with van der Waals surface area (Å²) in [6, 6.07) is 4.77. The maximum atomic E-state index is 5.54. The Labute approximate surface area is 122 Å². The van der Waals surface area contributed by atoms with Gasteiger partial charge in [0, 0.05) is 39.0 Å². The Morgan fingerprint density at radius 2 is 2.30 bits per heavy atom. The van der Waals surface area contributed by atoms with E-state index in [1.165, 1.54) is 18.4 Å². The third-order valence-corrected chi connectivity index (χ3v) is 3.70. The van der Waals surface area contributed by atoms with Gasteiger partial charge in [0.15, 0.2) is 0 Å². The molecule has 112 valence electrons. The van der Waals surface area contributed by atoms with Crippen molar-refractivity contribution in [1.29, 1.82) is 0 Å². The molecule has 4 heteroatoms. The van der Waals surface area contributed by atoms with Crippen molar-refractivity contribution >= 4 is 5.82 Å². The molecule has 1 fully saturated rings. The van der Waals surface area contributed by atoms with Crippen molar-refractivity contribution in [3.8, 4) is 0 Å². The second-order valence-electron chi connectivity index (χ2n) is 6.02. The standard InChI is InChI=1S/C16H27N3O/c1-13(2)17-9-14-6-7-16(18-10-14)19(3)11-15-5-4-8-20-12-15/h6-7,10,13,15,17H,4-5,8-9,11-12H2,1-3H3. The van der Waals surface area contributed by atoms with Gasteiger partial charge in [-0.15, -0.1) is 0 Å². The zero-order valence-corrected chi connectivity index (χ0v) is 12.9. The highest BCUT2D eigenvalue weighted by atomic mass is 16.5. The molecule has 1 aromatic rings. The molecule has 0 spiro atoms. The molecule has 0 aliphatic carbocycles. The van der Waals surface area contributed by atoms with Crippen LogP contribution in [0.3, 0.4) is 0 Å². The maximum Gasteiger partial charge on any atom is 0.128 e. The molecule has 1 aliphatic heterocycles. The SMILES string of the molecule is CC(C)NCc1ccc(N(C)CC2CCCOC2)nc1. The molecule has 20 heavy (non-hydrogen) atoms. The van der Waals surface area contributed by atoms with E-state index in [9.17, 15) is 0 Å². The van der Waals surface area contributed by atoms with Gasteiger partial charge in [0.2, 0.25) is 0 Å². The topological polar surface area (TPSA) is 37.4 Å². The fourth-order valence-corrected chi connectivity index (χ4v) is 2.50. The molecule has 2 heterocycles. The fraction of sp³-hybridized carbons (Fsp3) is 0.688. The molecular weight excluding hydrogens is 250 g/mol. The van der Waals surface area contributed by atoms with E-state index >= 15 is 0 Å². The van der Waals surface area contributed by atoms with Gasteiger partial charge < -0.3 is 15.0 Å². The van der Waals surface area contributed by atoms with Crippen LogP contribution in [0.25, 0.3) is 0 Å². The summed E-state index contributed by atoms with van der Waals surface area (Å²) in [5.41, 5.74) is 1.23. The van der Waals surface area contributed by atoms with Gasteiger partial charge in [0.25, 0.3) is 0 Å². The third-order valence-electron chi connectivity index (χ3n) is 3.70. The van der Waals surface area contributed by atoms with E-state index < -0.39 is 0 Å². The van der Waals surface area contributed by atoms with E-state index in [0.29, 0.717) is 12.0 Å². The molecule has 1 aliphatic rings. The number of aromatic nitrogens is 1. The largest absolute Gasteiger partial charge is 0.381 e. The number of nitrogens with zero attached hydrogens (tertiary/aromatic N) is 2. The van der Waals surface area contributed by atoms with Crippen molar-refractivity contribution < 1.29 is 4.74 Å². The van der Waals surface area contributed by atoms with Crippen LogP contribution < -0.4 is 10.2 Å². The Balaban J connectivity index is 1.84. The predicted molar refractivity (Wildman–Crippen MR) is 83.0 cm³/mol. The van der Waals surface area contributed by atoms with Crippen molar-refractivity contribution in [2.45, 2.75) is 39.3 Å². The molecule has 0 radical (unpaired) electrons. The second-order valence-corrected chi connectivity index (χ2v) is 6.02. The van der Waals surface area contributed by atoms with Crippen LogP contribution in [-0.4, -0.2) is 37.8 Å². The highest BCUT2D eigenvalue weighted by Gasteiger charge is 2.16. The van der Waals surface area contributed by atoms with Crippen LogP contribution >= 0.6 is 0 Å². The summed E-state index contributed by atoms with van der Waals surface area (Å²) >= 11 is 0. The average molecular weight is 277 g/mol. The van der Waals surface area contributed by atoms with Crippen LogP contribution in [-0.2, 0) is 11.3 Å². The van der Waals surface area contributed by atoms with Gasteiger partial charge in [0.05, 0.1) is 6.61 Å². The lowest BCUT2D eigenvalue weighted by Gasteiger charge is -2.27. The molecule has 0 saturated carbocycles. The molecule has 1 saturated heterocycles. The van der Waals surface area contributed by atoms with Gasteiger partial charge in [-0.05, 0) is 30.4 Å². The van der Waals surface area contributed by atoms with E-state index in [-0.39, 0.29) is 0 Å². The van der Waals surface area contributed by atoms with Crippen LogP contribution in [0.1, 0.15) is 32.3 Å². The van der Waals surface area contributed by atoms with Crippen LogP contribution in [0.15, 0.2) is 18.3 Å². The van der Waals surface area contributed by atoms with E-state index in [0.717, 1.165) is 32.1 Å². The Bertz CT molecular complexity index is 385. The lowest BCUT2D eigenvalue weighted by Crippen LogP contribution is -2.31. The van der Waals surface area contributed by atoms with Gasteiger partial charge in [-0.25, -0.2) is 4.98 Å². The van der Waals surface area contributed by atoms with E-state index in [2.05, 4.69) is 48.2 Å². The average Bonchev–Trinajstić information content (AvgIpc) is 2.46. The summed E-state index contributed by atoms with van der Waals surface area (Å²) in [6.07, 6.45) is 4.42. The minimum atomic E-state index is 0.503. The maximum absolute atomic E-state index is 5.54. The number of nitrogens with one attached hydrogen (secondary N) is 1. The summed E-state index contributed by atoms with van der Waals surface area (Å²) in [4.78, 5) is 6.80. The van der Waals surface area contributed by atoms with E-state index in [1.807, 2.05) is 6.20 Å². The van der Waals surface area contributed by atoms with Crippen molar-refractivity contribution in [2.75, 3.05) is 31.7 Å². The molecule has 1 N–H and O–H groups in total. The molecule has 0 bridgehead atoms. The Kier molecular flexibility index (Phi) is 5.80. The zero-order valence-electron chi connectivity index (χ0n) is 12.9. The van der Waals surface area contributed by atoms with Crippen LogP contribution in [0, 0.1) is 5.92 Å². The molecule has 1 unspecified atom stereocenters. The molecule has 4 nitrogen and oxygen atoms in total. The lowest BCUT2D eigenvalue weighted by molar-refractivity contribution is 0.0576. The van der Waals surface area contributed by atoms with E-state index in [1.54, 1.807) is 0 Å². The highest BCUT2D eigenvalue weighted by molar-refractivity contribution is 5.38. The highest BCUT2D eigenvalue weighted by Crippen LogP contribution is 2.17. The minimum Gasteiger partial charge on any atom is -0.381 e. The number of anilines is 1. The fourth-order valence-electron chi connectivity index (χ4n) is 2.50. The molecule has 1 aromatic heterocycles. The number of ether oxygens (including phenoxy) is 1. The van der Waals surface area contributed by atoms with Crippen LogP contribution in [0.2, 0.25) is 0 Å². The first kappa shape index (κ1) is 15.3. The molecule has 0 aromatic carbocycles. The summed E-state index contributed by atoms with van der Waals surface area (Å²) in [5.74, 6) is 1.68. The Morgan fingerprint density at radius 1 is 1.45 bits per heavy atom. The molecule has 1 atom stereocenters. The van der Waals surface area contributed by atoms with Crippen molar-refractivity contribution in [1.82, 2.24) is 10.3 Å². The predicted octanol–water partition coefficient (Wildman–Crippen LogP) is 2.44. The summed E-state index contributed by atoms with van der Waals surface area (Å²) in [6.45, 7) is 8.03. The van der Waals surface area contributed by atoms with Gasteiger partial charge in [-0.3, -0.25) is 0 Å². The quantitative estimate of drug-likeness (QED) is 0.866. The molecular formula is C16H27N3O. The van der Waals surface area contributed by atoms with Crippen molar-refractivity contribution in [2.24, 2.45) is 5.92 Å². The third kappa shape index (κ3) is 4.76. The Morgan fingerprint density at radius 3 is 2.90 bits per heavy atom. The number of rotatable bonds is 6. The molecule has 2 rings (SSSR count). The van der Waals surface area contributed by atoms with Crippen LogP contribution in [0.5, 0.6) is 0 Å². The summed E-state index contributed by atoms with van der Waals surface area (Å²) in [5, 5.41) is 3.41. The lowest BCUT2D eigenvalue weighted by atomic mass is 10.0. The number of pyridine rings is 1. The zero-order chi connectivity index (χ0) is 14.4.